The Bertz CT molecular complexity index is 1940. The fourth-order valence-corrected chi connectivity index (χ4v) is 6.36. The third-order valence-corrected chi connectivity index (χ3v) is 9.42. The molecular weight excluding hydrogens is 581 g/mol. The minimum absolute atomic E-state index is 0.0906. The van der Waals surface area contributed by atoms with Crippen LogP contribution < -0.4 is 4.90 Å². The van der Waals surface area contributed by atoms with E-state index in [1.165, 1.54) is 22.9 Å². The number of aromatic nitrogens is 1. The Morgan fingerprint density at radius 2 is 1.55 bits per heavy atom. The van der Waals surface area contributed by atoms with Crippen molar-refractivity contribution in [3.63, 3.8) is 0 Å². The average molecular weight is 611 g/mol. The maximum atomic E-state index is 14.1. The van der Waals surface area contributed by atoms with Crippen LogP contribution in [0.15, 0.2) is 95.0 Å². The monoisotopic (exact) mass is 609 g/mol. The number of amidine groups is 1. The molecule has 0 radical (unpaired) electrons. The average Bonchev–Trinajstić information content (AvgIpc) is 3.46. The summed E-state index contributed by atoms with van der Waals surface area (Å²) in [5.74, 6) is -0.0906. The Morgan fingerprint density at radius 3 is 2.29 bits per heavy atom. The molecule has 1 saturated heterocycles. The van der Waals surface area contributed by atoms with Crippen LogP contribution in [0.5, 0.6) is 0 Å². The summed E-state index contributed by atoms with van der Waals surface area (Å²) in [5, 5.41) is 2.77. The second-order valence-electron chi connectivity index (χ2n) is 10.7. The lowest BCUT2D eigenvalue weighted by atomic mass is 10.1. The summed E-state index contributed by atoms with van der Waals surface area (Å²) in [6.45, 7) is 8.91. The van der Waals surface area contributed by atoms with Crippen LogP contribution in [0.25, 0.3) is 17.0 Å². The Balaban J connectivity index is 1.43. The third-order valence-electron chi connectivity index (χ3n) is 7.71. The van der Waals surface area contributed by atoms with Gasteiger partial charge in [0.25, 0.3) is 5.91 Å². The van der Waals surface area contributed by atoms with E-state index in [9.17, 15) is 4.79 Å². The summed E-state index contributed by atoms with van der Waals surface area (Å²) in [4.78, 5) is 21.4. The number of hydrogen-bond acceptors (Lipinski definition) is 3. The number of fused-ring (bicyclic) bond motifs is 1. The van der Waals surface area contributed by atoms with Crippen LogP contribution >= 0.6 is 35.0 Å². The molecule has 0 spiro atoms. The van der Waals surface area contributed by atoms with Crippen molar-refractivity contribution in [3.8, 4) is 0 Å². The van der Waals surface area contributed by atoms with Crippen LogP contribution in [0.1, 0.15) is 33.4 Å². The quantitative estimate of drug-likeness (QED) is 0.186. The molecule has 7 heteroatoms. The minimum Gasteiger partial charge on any atom is -0.342 e. The molecule has 1 amide bonds. The van der Waals surface area contributed by atoms with E-state index in [0.29, 0.717) is 26.7 Å². The summed E-state index contributed by atoms with van der Waals surface area (Å²) in [7, 11) is 0. The van der Waals surface area contributed by atoms with Gasteiger partial charge < -0.3 is 4.57 Å². The second kappa shape index (κ2) is 11.5. The van der Waals surface area contributed by atoms with E-state index in [1.807, 2.05) is 48.5 Å². The van der Waals surface area contributed by atoms with Gasteiger partial charge in [-0.3, -0.25) is 9.69 Å². The van der Waals surface area contributed by atoms with Gasteiger partial charge in [-0.1, -0.05) is 59.6 Å². The first-order chi connectivity index (χ1) is 20.2. The first kappa shape index (κ1) is 28.4. The standard InChI is InChI=1S/C35H29Cl2N3OS/c1-21-9-12-27(15-23(21)3)38-35-40(28-13-10-22(2)24(4)16-28)34(41)33(42-35)18-26-20-39(32-8-6-5-7-29(26)32)19-25-11-14-30(36)31(37)17-25/h5-18,20H,19H2,1-4H3/b33-18-,38-35?. The highest BCUT2D eigenvalue weighted by atomic mass is 35.5. The lowest BCUT2D eigenvalue weighted by Gasteiger charge is -2.17. The number of thioether (sulfide) groups is 1. The van der Waals surface area contributed by atoms with Crippen molar-refractivity contribution in [1.82, 2.24) is 4.57 Å². The summed E-state index contributed by atoms with van der Waals surface area (Å²) in [6, 6.07) is 26.1. The highest BCUT2D eigenvalue weighted by Gasteiger charge is 2.35. The number of carbonyl (C=O) groups is 1. The van der Waals surface area contributed by atoms with Crippen LogP contribution in [0.3, 0.4) is 0 Å². The molecule has 1 aliphatic rings. The summed E-state index contributed by atoms with van der Waals surface area (Å²) in [5.41, 5.74) is 9.38. The molecule has 0 N–H and O–H groups in total. The second-order valence-corrected chi connectivity index (χ2v) is 12.5. The summed E-state index contributed by atoms with van der Waals surface area (Å²) >= 11 is 13.8. The largest absolute Gasteiger partial charge is 0.342 e. The number of aliphatic imine (C=N–C) groups is 1. The summed E-state index contributed by atoms with van der Waals surface area (Å²) in [6.07, 6.45) is 4.07. The van der Waals surface area contributed by atoms with Crippen molar-refractivity contribution in [2.45, 2.75) is 34.2 Å². The van der Waals surface area contributed by atoms with E-state index in [2.05, 4.69) is 74.9 Å². The molecule has 1 fully saturated rings. The van der Waals surface area contributed by atoms with E-state index in [-0.39, 0.29) is 5.91 Å². The predicted octanol–water partition coefficient (Wildman–Crippen LogP) is 10.0. The number of amides is 1. The van der Waals surface area contributed by atoms with Gasteiger partial charge in [-0.2, -0.15) is 0 Å². The number of anilines is 1. The van der Waals surface area contributed by atoms with Gasteiger partial charge in [0.05, 0.1) is 26.3 Å². The Morgan fingerprint density at radius 1 is 0.810 bits per heavy atom. The minimum atomic E-state index is -0.0906. The van der Waals surface area contributed by atoms with E-state index >= 15 is 0 Å². The normalized spacial score (nSPS) is 15.5. The van der Waals surface area contributed by atoms with Crippen LogP contribution in [-0.4, -0.2) is 15.6 Å². The molecule has 1 aliphatic heterocycles. The van der Waals surface area contributed by atoms with E-state index in [4.69, 9.17) is 28.2 Å². The first-order valence-corrected chi connectivity index (χ1v) is 15.2. The summed E-state index contributed by atoms with van der Waals surface area (Å²) < 4.78 is 2.18. The van der Waals surface area contributed by atoms with Gasteiger partial charge in [-0.25, -0.2) is 4.99 Å². The number of aryl methyl sites for hydroxylation is 4. The number of benzene rings is 4. The Kier molecular flexibility index (Phi) is 7.75. The Labute approximate surface area is 260 Å². The number of rotatable bonds is 5. The fourth-order valence-electron chi connectivity index (χ4n) is 5.04. The van der Waals surface area contributed by atoms with Gasteiger partial charge >= 0.3 is 0 Å². The van der Waals surface area contributed by atoms with Crippen molar-refractivity contribution in [2.24, 2.45) is 4.99 Å². The lowest BCUT2D eigenvalue weighted by molar-refractivity contribution is -0.113. The number of nitrogens with zero attached hydrogens (tertiary/aromatic N) is 3. The van der Waals surface area contributed by atoms with E-state index in [1.54, 1.807) is 4.90 Å². The molecular formula is C35H29Cl2N3OS. The van der Waals surface area contributed by atoms with Gasteiger partial charge in [0, 0.05) is 29.2 Å². The molecule has 4 aromatic carbocycles. The number of hydrogen-bond donors (Lipinski definition) is 0. The molecule has 0 saturated carbocycles. The number of halogens is 2. The zero-order chi connectivity index (χ0) is 29.5. The first-order valence-electron chi connectivity index (χ1n) is 13.7. The van der Waals surface area contributed by atoms with Crippen molar-refractivity contribution < 1.29 is 4.79 Å². The molecule has 0 atom stereocenters. The lowest BCUT2D eigenvalue weighted by Crippen LogP contribution is -2.28. The molecule has 6 rings (SSSR count). The van der Waals surface area contributed by atoms with Crippen LogP contribution in [0.4, 0.5) is 11.4 Å². The molecule has 0 bridgehead atoms. The number of para-hydroxylation sites is 1. The highest BCUT2D eigenvalue weighted by Crippen LogP contribution is 2.39. The molecule has 4 nitrogen and oxygen atoms in total. The van der Waals surface area contributed by atoms with Crippen molar-refractivity contribution >= 4 is 74.4 Å². The van der Waals surface area contributed by atoms with Crippen LogP contribution in [0, 0.1) is 27.7 Å². The van der Waals surface area contributed by atoms with E-state index < -0.39 is 0 Å². The Hall–Kier alpha value is -3.77. The third kappa shape index (κ3) is 5.52. The zero-order valence-corrected chi connectivity index (χ0v) is 26.1. The number of carbonyl (C=O) groups excluding carboxylic acids is 1. The molecule has 42 heavy (non-hydrogen) atoms. The molecule has 0 aliphatic carbocycles. The van der Waals surface area contributed by atoms with E-state index in [0.717, 1.165) is 44.5 Å². The molecule has 1 aromatic heterocycles. The molecule has 0 unspecified atom stereocenters. The SMILES string of the molecule is Cc1ccc(N=C2S/C(=C\c3cn(Cc4ccc(Cl)c(Cl)c4)c4ccccc34)C(=O)N2c2ccc(C)c(C)c2)cc1C. The van der Waals surface area contributed by atoms with Gasteiger partial charge in [0.2, 0.25) is 0 Å². The van der Waals surface area contributed by atoms with Gasteiger partial charge in [-0.05, 0) is 116 Å². The molecule has 210 valence electrons. The maximum absolute atomic E-state index is 14.1. The van der Waals surface area contributed by atoms with Gasteiger partial charge in [0.1, 0.15) is 0 Å². The fraction of sp³-hybridized carbons (Fsp3) is 0.143. The smallest absolute Gasteiger partial charge is 0.271 e. The van der Waals surface area contributed by atoms with Crippen molar-refractivity contribution in [3.05, 3.63) is 133 Å². The van der Waals surface area contributed by atoms with Crippen LogP contribution in [-0.2, 0) is 11.3 Å². The molecule has 2 heterocycles. The molecule has 5 aromatic rings. The van der Waals surface area contributed by atoms with Crippen molar-refractivity contribution in [1.29, 1.82) is 0 Å². The topological polar surface area (TPSA) is 37.6 Å². The highest BCUT2D eigenvalue weighted by molar-refractivity contribution is 8.19. The maximum Gasteiger partial charge on any atom is 0.271 e. The van der Waals surface area contributed by atoms with Crippen molar-refractivity contribution in [2.75, 3.05) is 4.90 Å². The predicted molar refractivity (Wildman–Crippen MR) is 179 cm³/mol. The zero-order valence-electron chi connectivity index (χ0n) is 23.8. The van der Waals surface area contributed by atoms with Crippen LogP contribution in [0.2, 0.25) is 10.0 Å². The van der Waals surface area contributed by atoms with Gasteiger partial charge in [0.15, 0.2) is 5.17 Å². The van der Waals surface area contributed by atoms with Gasteiger partial charge in [-0.15, -0.1) is 0 Å².